The Morgan fingerprint density at radius 1 is 1.05 bits per heavy atom. The fraction of sp³-hybridized carbons (Fsp3) is 0.294. The molecule has 3 rings (SSSR count). The average Bonchev–Trinajstić information content (AvgIpc) is 2.61. The van der Waals surface area contributed by atoms with E-state index in [4.69, 9.17) is 10.5 Å². The Hall–Kier alpha value is -1.80. The second-order valence-corrected chi connectivity index (χ2v) is 5.86. The highest BCUT2D eigenvalue weighted by Crippen LogP contribution is 2.44. The number of nitrogens with two attached hydrogens (primary N) is 1. The molecule has 98 valence electrons. The number of benzene rings is 2. The van der Waals surface area contributed by atoms with Crippen LogP contribution in [0.4, 0.5) is 0 Å². The molecule has 2 aromatic rings. The van der Waals surface area contributed by atoms with Crippen molar-refractivity contribution >= 4 is 0 Å². The smallest absolute Gasteiger partial charge is 0.127 e. The maximum Gasteiger partial charge on any atom is 0.127 e. The van der Waals surface area contributed by atoms with Gasteiger partial charge in [-0.15, -0.1) is 0 Å². The van der Waals surface area contributed by atoms with Gasteiger partial charge in [0.25, 0.3) is 0 Å². The minimum atomic E-state index is 0.115. The molecule has 0 saturated heterocycles. The average molecular weight is 253 g/mol. The van der Waals surface area contributed by atoms with E-state index < -0.39 is 0 Å². The number of para-hydroxylation sites is 1. The summed E-state index contributed by atoms with van der Waals surface area (Å²) in [5.41, 5.74) is 8.96. The highest BCUT2D eigenvalue weighted by atomic mass is 16.5. The Morgan fingerprint density at radius 2 is 1.79 bits per heavy atom. The van der Waals surface area contributed by atoms with E-state index in [9.17, 15) is 0 Å². The zero-order chi connectivity index (χ0) is 13.5. The first-order chi connectivity index (χ1) is 9.06. The quantitative estimate of drug-likeness (QED) is 0.872. The molecule has 0 amide bonds. The highest BCUT2D eigenvalue weighted by Gasteiger charge is 2.35. The maximum atomic E-state index is 6.23. The topological polar surface area (TPSA) is 35.2 Å². The molecule has 2 nitrogen and oxygen atoms in total. The minimum Gasteiger partial charge on any atom is -0.457 e. The molecular weight excluding hydrogens is 234 g/mol. The molecule has 2 N–H and O–H groups in total. The summed E-state index contributed by atoms with van der Waals surface area (Å²) < 4.78 is 5.86. The van der Waals surface area contributed by atoms with E-state index in [-0.39, 0.29) is 11.5 Å². The van der Waals surface area contributed by atoms with Crippen LogP contribution in [0.15, 0.2) is 48.5 Å². The molecule has 1 aliphatic carbocycles. The first kappa shape index (κ1) is 12.2. The Bertz CT molecular complexity index is 589. The molecular formula is C17H19NO. The molecule has 1 atom stereocenters. The zero-order valence-electron chi connectivity index (χ0n) is 11.4. The van der Waals surface area contributed by atoms with Gasteiger partial charge in [0, 0.05) is 6.04 Å². The van der Waals surface area contributed by atoms with Crippen molar-refractivity contribution in [1.29, 1.82) is 0 Å². The van der Waals surface area contributed by atoms with Crippen LogP contribution in [0.5, 0.6) is 11.5 Å². The van der Waals surface area contributed by atoms with Gasteiger partial charge >= 0.3 is 0 Å². The lowest BCUT2D eigenvalue weighted by molar-refractivity contribution is 0.481. The summed E-state index contributed by atoms with van der Waals surface area (Å²) in [6.07, 6.45) is 0.997. The molecule has 0 aliphatic heterocycles. The number of hydrogen-bond donors (Lipinski definition) is 1. The van der Waals surface area contributed by atoms with Gasteiger partial charge in [-0.3, -0.25) is 0 Å². The van der Waals surface area contributed by atoms with Crippen LogP contribution in [0.3, 0.4) is 0 Å². The minimum absolute atomic E-state index is 0.115. The van der Waals surface area contributed by atoms with Crippen LogP contribution in [0.1, 0.15) is 37.4 Å². The van der Waals surface area contributed by atoms with E-state index in [1.165, 1.54) is 11.1 Å². The van der Waals surface area contributed by atoms with Crippen LogP contribution in [0, 0.1) is 0 Å². The fourth-order valence-corrected chi connectivity index (χ4v) is 2.92. The third-order valence-electron chi connectivity index (χ3n) is 3.86. The van der Waals surface area contributed by atoms with E-state index in [0.29, 0.717) is 0 Å². The molecule has 0 bridgehead atoms. The lowest BCUT2D eigenvalue weighted by Gasteiger charge is -2.18. The van der Waals surface area contributed by atoms with Crippen LogP contribution < -0.4 is 10.5 Å². The van der Waals surface area contributed by atoms with E-state index in [0.717, 1.165) is 17.9 Å². The number of fused-ring (bicyclic) bond motifs is 1. The first-order valence-corrected chi connectivity index (χ1v) is 6.69. The predicted molar refractivity (Wildman–Crippen MR) is 77.5 cm³/mol. The monoisotopic (exact) mass is 253 g/mol. The maximum absolute atomic E-state index is 6.23. The van der Waals surface area contributed by atoms with Crippen molar-refractivity contribution in [2.24, 2.45) is 5.73 Å². The molecule has 0 radical (unpaired) electrons. The first-order valence-electron chi connectivity index (χ1n) is 6.69. The van der Waals surface area contributed by atoms with Gasteiger partial charge in [0.1, 0.15) is 11.5 Å². The summed E-state index contributed by atoms with van der Waals surface area (Å²) in [6, 6.07) is 16.2. The second kappa shape index (κ2) is 4.39. The summed E-state index contributed by atoms with van der Waals surface area (Å²) in [5, 5.41) is 0. The van der Waals surface area contributed by atoms with Crippen molar-refractivity contribution in [2.45, 2.75) is 31.7 Å². The molecule has 19 heavy (non-hydrogen) atoms. The summed E-state index contributed by atoms with van der Waals surface area (Å²) in [5.74, 6) is 1.71. The van der Waals surface area contributed by atoms with Crippen LogP contribution >= 0.6 is 0 Å². The van der Waals surface area contributed by atoms with Gasteiger partial charge in [-0.1, -0.05) is 38.1 Å². The fourth-order valence-electron chi connectivity index (χ4n) is 2.92. The Balaban J connectivity index is 1.93. The SMILES string of the molecule is CC1(C)C[C@H](N)c2cc(Oc3ccccc3)ccc21. The van der Waals surface area contributed by atoms with Gasteiger partial charge in [-0.25, -0.2) is 0 Å². The van der Waals surface area contributed by atoms with Gasteiger partial charge in [0.05, 0.1) is 0 Å². The van der Waals surface area contributed by atoms with Gasteiger partial charge in [-0.05, 0) is 47.2 Å². The number of hydrogen-bond acceptors (Lipinski definition) is 2. The van der Waals surface area contributed by atoms with Crippen molar-refractivity contribution in [3.05, 3.63) is 59.7 Å². The molecule has 0 unspecified atom stereocenters. The Morgan fingerprint density at radius 3 is 2.53 bits per heavy atom. The predicted octanol–water partition coefficient (Wildman–Crippen LogP) is 4.16. The van der Waals surface area contributed by atoms with E-state index in [2.05, 4.69) is 26.0 Å². The second-order valence-electron chi connectivity index (χ2n) is 5.86. The van der Waals surface area contributed by atoms with Crippen LogP contribution in [0.25, 0.3) is 0 Å². The molecule has 0 heterocycles. The number of rotatable bonds is 2. The van der Waals surface area contributed by atoms with Crippen molar-refractivity contribution in [1.82, 2.24) is 0 Å². The Kier molecular flexibility index (Phi) is 2.83. The van der Waals surface area contributed by atoms with Gasteiger partial charge in [0.2, 0.25) is 0 Å². The van der Waals surface area contributed by atoms with Crippen LogP contribution in [0.2, 0.25) is 0 Å². The van der Waals surface area contributed by atoms with Crippen LogP contribution in [-0.4, -0.2) is 0 Å². The van der Waals surface area contributed by atoms with E-state index in [1.54, 1.807) is 0 Å². The van der Waals surface area contributed by atoms with Crippen molar-refractivity contribution in [3.8, 4) is 11.5 Å². The lowest BCUT2D eigenvalue weighted by atomic mass is 9.86. The molecule has 2 heteroatoms. The van der Waals surface area contributed by atoms with Gasteiger partial charge in [0.15, 0.2) is 0 Å². The van der Waals surface area contributed by atoms with Crippen molar-refractivity contribution < 1.29 is 4.74 Å². The molecule has 0 fully saturated rings. The molecule has 0 spiro atoms. The molecule has 1 aliphatic rings. The summed E-state index contributed by atoms with van der Waals surface area (Å²) in [7, 11) is 0. The van der Waals surface area contributed by atoms with E-state index >= 15 is 0 Å². The zero-order valence-corrected chi connectivity index (χ0v) is 11.4. The van der Waals surface area contributed by atoms with E-state index in [1.807, 2.05) is 36.4 Å². The van der Waals surface area contributed by atoms with Gasteiger partial charge < -0.3 is 10.5 Å². The standard InChI is InChI=1S/C17H19NO/c1-17(2)11-16(18)14-10-13(8-9-15(14)17)19-12-6-4-3-5-7-12/h3-10,16H,11,18H2,1-2H3/t16-/m0/s1. The van der Waals surface area contributed by atoms with Crippen LogP contribution in [-0.2, 0) is 5.41 Å². The molecule has 2 aromatic carbocycles. The summed E-state index contributed by atoms with van der Waals surface area (Å²) in [4.78, 5) is 0. The highest BCUT2D eigenvalue weighted by molar-refractivity contribution is 5.46. The third-order valence-corrected chi connectivity index (χ3v) is 3.86. The largest absolute Gasteiger partial charge is 0.457 e. The van der Waals surface area contributed by atoms with Crippen molar-refractivity contribution in [3.63, 3.8) is 0 Å². The van der Waals surface area contributed by atoms with Gasteiger partial charge in [-0.2, -0.15) is 0 Å². The summed E-state index contributed by atoms with van der Waals surface area (Å²) in [6.45, 7) is 4.49. The van der Waals surface area contributed by atoms with Crippen molar-refractivity contribution in [2.75, 3.05) is 0 Å². The summed E-state index contributed by atoms with van der Waals surface area (Å²) >= 11 is 0. The number of ether oxygens (including phenoxy) is 1. The molecule has 0 aromatic heterocycles. The lowest BCUT2D eigenvalue weighted by Crippen LogP contribution is -2.14. The molecule has 0 saturated carbocycles. The third kappa shape index (κ3) is 2.24. The normalized spacial score (nSPS) is 20.1. The Labute approximate surface area is 114 Å².